The molecule has 1 aliphatic heterocycles. The van der Waals surface area contributed by atoms with Gasteiger partial charge in [0.1, 0.15) is 5.75 Å². The molecule has 3 aromatic rings. The zero-order valence-electron chi connectivity index (χ0n) is 21.8. The van der Waals surface area contributed by atoms with Gasteiger partial charge in [-0.25, -0.2) is 4.79 Å². The summed E-state index contributed by atoms with van der Waals surface area (Å²) in [6.45, 7) is 5.76. The number of amides is 1. The number of carbonyl (C=O) groups is 2. The molecule has 196 valence electrons. The summed E-state index contributed by atoms with van der Waals surface area (Å²) in [6, 6.07) is 17.0. The second-order valence-corrected chi connectivity index (χ2v) is 9.15. The van der Waals surface area contributed by atoms with Gasteiger partial charge in [-0.05, 0) is 48.4 Å². The number of benzene rings is 2. The number of hydrogen-bond acceptors (Lipinski definition) is 7. The van der Waals surface area contributed by atoms with Crippen molar-refractivity contribution in [1.82, 2.24) is 19.6 Å². The molecule has 9 heteroatoms. The van der Waals surface area contributed by atoms with Crippen LogP contribution in [0.5, 0.6) is 5.75 Å². The highest BCUT2D eigenvalue weighted by molar-refractivity contribution is 5.92. The minimum Gasteiger partial charge on any atom is -0.497 e. The van der Waals surface area contributed by atoms with Crippen LogP contribution in [0.2, 0.25) is 0 Å². The quantitative estimate of drug-likeness (QED) is 0.412. The van der Waals surface area contributed by atoms with E-state index >= 15 is 0 Å². The van der Waals surface area contributed by atoms with Gasteiger partial charge in [0.25, 0.3) is 5.91 Å². The summed E-state index contributed by atoms with van der Waals surface area (Å²) in [7, 11) is 4.86. The lowest BCUT2D eigenvalue weighted by molar-refractivity contribution is 0.00324. The predicted molar refractivity (Wildman–Crippen MR) is 139 cm³/mol. The van der Waals surface area contributed by atoms with Gasteiger partial charge in [-0.15, -0.1) is 0 Å². The first-order chi connectivity index (χ1) is 17.9. The van der Waals surface area contributed by atoms with Crippen molar-refractivity contribution >= 4 is 11.9 Å². The maximum atomic E-state index is 12.9. The highest BCUT2D eigenvalue weighted by Gasteiger charge is 2.26. The van der Waals surface area contributed by atoms with Gasteiger partial charge in [0.2, 0.25) is 0 Å². The van der Waals surface area contributed by atoms with Gasteiger partial charge in [-0.3, -0.25) is 14.4 Å². The lowest BCUT2D eigenvalue weighted by Crippen LogP contribution is -2.49. The Balaban J connectivity index is 1.40. The van der Waals surface area contributed by atoms with Crippen LogP contribution in [0.4, 0.5) is 0 Å². The Morgan fingerprint density at radius 1 is 1.00 bits per heavy atom. The summed E-state index contributed by atoms with van der Waals surface area (Å²) >= 11 is 0. The lowest BCUT2D eigenvalue weighted by Gasteiger charge is -2.36. The van der Waals surface area contributed by atoms with Crippen LogP contribution in [-0.2, 0) is 23.1 Å². The Kier molecular flexibility index (Phi) is 8.58. The van der Waals surface area contributed by atoms with Crippen molar-refractivity contribution in [2.24, 2.45) is 7.05 Å². The molecular weight excluding hydrogens is 472 g/mol. The van der Waals surface area contributed by atoms with E-state index in [-0.39, 0.29) is 18.0 Å². The second-order valence-electron chi connectivity index (χ2n) is 9.15. The molecule has 0 spiro atoms. The van der Waals surface area contributed by atoms with Crippen LogP contribution in [0.15, 0.2) is 54.6 Å². The fraction of sp³-hybridized carbons (Fsp3) is 0.393. The van der Waals surface area contributed by atoms with Crippen LogP contribution in [0.25, 0.3) is 0 Å². The number of nitrogens with zero attached hydrogens (tertiary/aromatic N) is 4. The van der Waals surface area contributed by atoms with E-state index in [0.717, 1.165) is 35.7 Å². The van der Waals surface area contributed by atoms with E-state index in [2.05, 4.69) is 10.00 Å². The monoisotopic (exact) mass is 506 g/mol. The van der Waals surface area contributed by atoms with Crippen molar-refractivity contribution in [3.05, 3.63) is 82.7 Å². The van der Waals surface area contributed by atoms with Crippen LogP contribution in [0, 0.1) is 6.92 Å². The number of ether oxygens (including phenoxy) is 3. The highest BCUT2D eigenvalue weighted by Crippen LogP contribution is 2.25. The number of aryl methyl sites for hydroxylation is 2. The van der Waals surface area contributed by atoms with Gasteiger partial charge in [-0.2, -0.15) is 5.10 Å². The molecule has 9 nitrogen and oxygen atoms in total. The molecule has 0 radical (unpaired) electrons. The molecule has 0 unspecified atom stereocenters. The number of esters is 1. The van der Waals surface area contributed by atoms with E-state index in [9.17, 15) is 9.59 Å². The molecule has 1 atom stereocenters. The average Bonchev–Trinajstić information content (AvgIpc) is 3.28. The van der Waals surface area contributed by atoms with Crippen LogP contribution >= 0.6 is 0 Å². The number of carbonyl (C=O) groups excluding carboxylic acids is 2. The third-order valence-electron chi connectivity index (χ3n) is 6.71. The zero-order valence-corrected chi connectivity index (χ0v) is 21.8. The van der Waals surface area contributed by atoms with E-state index < -0.39 is 0 Å². The number of hydrogen-bond donors (Lipinski definition) is 0. The molecule has 0 bridgehead atoms. The first-order valence-corrected chi connectivity index (χ1v) is 12.3. The summed E-state index contributed by atoms with van der Waals surface area (Å²) in [5.41, 5.74) is 3.93. The van der Waals surface area contributed by atoms with Crippen molar-refractivity contribution in [2.45, 2.75) is 19.6 Å². The molecule has 1 aliphatic rings. The molecule has 2 aromatic carbocycles. The van der Waals surface area contributed by atoms with E-state index in [4.69, 9.17) is 14.2 Å². The molecule has 2 heterocycles. The van der Waals surface area contributed by atoms with Gasteiger partial charge in [0.15, 0.2) is 5.69 Å². The van der Waals surface area contributed by atoms with Crippen LogP contribution < -0.4 is 4.74 Å². The molecule has 0 aliphatic carbocycles. The molecule has 37 heavy (non-hydrogen) atoms. The standard InChI is InChI=1S/C28H34N4O5/c1-20-16-25(29-30(20)2)27(33)32-14-12-31(13-15-32)18-26(23-6-5-7-24(17-23)35-3)37-19-21-8-10-22(11-9-21)28(34)36-4/h5-11,16-17,26H,12-15,18-19H2,1-4H3/t26-/m1/s1. The molecule has 4 rings (SSSR count). The highest BCUT2D eigenvalue weighted by atomic mass is 16.5. The van der Waals surface area contributed by atoms with E-state index in [1.54, 1.807) is 23.9 Å². The number of aromatic nitrogens is 2. The van der Waals surface area contributed by atoms with E-state index in [1.165, 1.54) is 7.11 Å². The average molecular weight is 507 g/mol. The van der Waals surface area contributed by atoms with Crippen LogP contribution in [0.1, 0.15) is 43.8 Å². The Labute approximate surface area is 217 Å². The SMILES string of the molecule is COC(=O)c1ccc(CO[C@H](CN2CCN(C(=O)c3cc(C)n(C)n3)CC2)c2cccc(OC)c2)cc1. The first-order valence-electron chi connectivity index (χ1n) is 12.3. The second kappa shape index (κ2) is 12.0. The molecular formula is C28H34N4O5. The summed E-state index contributed by atoms with van der Waals surface area (Å²) in [6.07, 6.45) is -0.198. The number of methoxy groups -OCH3 is 2. The predicted octanol–water partition coefficient (Wildman–Crippen LogP) is 3.24. The minimum atomic E-state index is -0.363. The Hall–Kier alpha value is -3.69. The lowest BCUT2D eigenvalue weighted by atomic mass is 10.1. The Morgan fingerprint density at radius 3 is 2.35 bits per heavy atom. The maximum Gasteiger partial charge on any atom is 0.337 e. The topological polar surface area (TPSA) is 86.1 Å². The molecule has 1 fully saturated rings. The van der Waals surface area contributed by atoms with Crippen molar-refractivity contribution in [1.29, 1.82) is 0 Å². The van der Waals surface area contributed by atoms with Crippen molar-refractivity contribution in [3.63, 3.8) is 0 Å². The van der Waals surface area contributed by atoms with Gasteiger partial charge in [0.05, 0.1) is 32.5 Å². The molecule has 1 saturated heterocycles. The first kappa shape index (κ1) is 26.4. The smallest absolute Gasteiger partial charge is 0.337 e. The fourth-order valence-corrected chi connectivity index (χ4v) is 4.34. The van der Waals surface area contributed by atoms with Gasteiger partial charge in [0, 0.05) is 45.5 Å². The number of rotatable bonds is 9. The number of piperazine rings is 1. The molecule has 0 N–H and O–H groups in total. The summed E-state index contributed by atoms with van der Waals surface area (Å²) in [5.74, 6) is 0.381. The van der Waals surface area contributed by atoms with Gasteiger partial charge >= 0.3 is 5.97 Å². The fourth-order valence-electron chi connectivity index (χ4n) is 4.34. The Morgan fingerprint density at radius 2 is 1.73 bits per heavy atom. The largest absolute Gasteiger partial charge is 0.497 e. The summed E-state index contributed by atoms with van der Waals surface area (Å²) in [4.78, 5) is 28.8. The third kappa shape index (κ3) is 6.55. The van der Waals surface area contributed by atoms with Crippen molar-refractivity contribution in [2.75, 3.05) is 46.9 Å². The van der Waals surface area contributed by atoms with E-state index in [1.807, 2.05) is 61.3 Å². The van der Waals surface area contributed by atoms with Crippen LogP contribution in [0.3, 0.4) is 0 Å². The molecule has 0 saturated carbocycles. The van der Waals surface area contributed by atoms with Gasteiger partial charge in [-0.1, -0.05) is 24.3 Å². The zero-order chi connectivity index (χ0) is 26.4. The third-order valence-corrected chi connectivity index (χ3v) is 6.71. The Bertz CT molecular complexity index is 1200. The molecule has 1 aromatic heterocycles. The van der Waals surface area contributed by atoms with Crippen LogP contribution in [-0.4, -0.2) is 78.4 Å². The van der Waals surface area contributed by atoms with Crippen molar-refractivity contribution < 1.29 is 23.8 Å². The summed E-state index contributed by atoms with van der Waals surface area (Å²) < 4.78 is 18.3. The van der Waals surface area contributed by atoms with Gasteiger partial charge < -0.3 is 19.1 Å². The van der Waals surface area contributed by atoms with E-state index in [0.29, 0.717) is 37.5 Å². The molecule has 1 amide bonds. The summed E-state index contributed by atoms with van der Waals surface area (Å²) in [5, 5.41) is 4.34. The normalized spacial score (nSPS) is 14.9. The maximum absolute atomic E-state index is 12.9. The minimum absolute atomic E-state index is 0.0284. The van der Waals surface area contributed by atoms with Crippen molar-refractivity contribution in [3.8, 4) is 5.75 Å².